The van der Waals surface area contributed by atoms with E-state index in [1.54, 1.807) is 13.8 Å². The summed E-state index contributed by atoms with van der Waals surface area (Å²) in [4.78, 5) is 17.2. The zero-order chi connectivity index (χ0) is 22.3. The summed E-state index contributed by atoms with van der Waals surface area (Å²) < 4.78 is 11.2. The van der Waals surface area contributed by atoms with E-state index in [1.165, 1.54) is 24.8 Å². The largest absolute Gasteiger partial charge is 0.490 e. The average molecular weight is 443 g/mol. The van der Waals surface area contributed by atoms with Crippen molar-refractivity contribution in [1.82, 2.24) is 9.80 Å². The van der Waals surface area contributed by atoms with Crippen molar-refractivity contribution in [2.45, 2.75) is 63.5 Å². The van der Waals surface area contributed by atoms with Gasteiger partial charge in [0.05, 0.1) is 24.7 Å². The molecule has 1 aromatic carbocycles. The van der Waals surface area contributed by atoms with Crippen molar-refractivity contribution in [3.63, 3.8) is 0 Å². The van der Waals surface area contributed by atoms with Crippen LogP contribution >= 0.6 is 0 Å². The molecule has 6 nitrogen and oxygen atoms in total. The Morgan fingerprint density at radius 2 is 1.91 bits per heavy atom. The molecular weight excluding hydrogens is 404 g/mol. The van der Waals surface area contributed by atoms with Crippen LogP contribution in [0.25, 0.3) is 0 Å². The number of amides is 1. The van der Waals surface area contributed by atoms with Crippen molar-refractivity contribution >= 4 is 5.91 Å². The molecule has 5 rings (SSSR count). The molecule has 1 aromatic rings. The minimum absolute atomic E-state index is 0.124. The molecule has 0 bridgehead atoms. The van der Waals surface area contributed by atoms with Crippen molar-refractivity contribution in [2.75, 3.05) is 46.0 Å². The molecule has 1 atom stereocenters. The Balaban J connectivity index is 1.12. The maximum absolute atomic E-state index is 12.4. The third kappa shape index (κ3) is 4.55. The minimum atomic E-state index is -0.831. The average Bonchev–Trinajstić information content (AvgIpc) is 3.16. The molecule has 3 heterocycles. The number of benzene rings is 1. The second kappa shape index (κ2) is 8.62. The minimum Gasteiger partial charge on any atom is -0.490 e. The van der Waals surface area contributed by atoms with Crippen LogP contribution in [0.5, 0.6) is 5.75 Å². The van der Waals surface area contributed by atoms with E-state index in [0.29, 0.717) is 43.1 Å². The highest BCUT2D eigenvalue weighted by Gasteiger charge is 2.52. The molecule has 0 unspecified atom stereocenters. The topological polar surface area (TPSA) is 62.2 Å². The molecule has 4 fully saturated rings. The maximum Gasteiger partial charge on any atom is 0.230 e. The molecule has 1 N–H and O–H groups in total. The maximum atomic E-state index is 12.4. The SMILES string of the molecule is CC(C)(O)COc1ccccc1C1CCN([C@@H]2CCC3(C2)CN(C(=O)C2COC2)C3)CC1. The first-order chi connectivity index (χ1) is 15.3. The first-order valence-electron chi connectivity index (χ1n) is 12.4. The molecule has 32 heavy (non-hydrogen) atoms. The molecule has 3 saturated heterocycles. The quantitative estimate of drug-likeness (QED) is 0.734. The Morgan fingerprint density at radius 1 is 1.19 bits per heavy atom. The van der Waals surface area contributed by atoms with Crippen LogP contribution in [0.15, 0.2) is 24.3 Å². The summed E-state index contributed by atoms with van der Waals surface area (Å²) in [5, 5.41) is 10.0. The summed E-state index contributed by atoms with van der Waals surface area (Å²) in [6, 6.07) is 9.01. The smallest absolute Gasteiger partial charge is 0.230 e. The number of rotatable bonds is 6. The Bertz CT molecular complexity index is 817. The van der Waals surface area contributed by atoms with Crippen LogP contribution in [0.4, 0.5) is 0 Å². The molecule has 0 radical (unpaired) electrons. The van der Waals surface area contributed by atoms with Gasteiger partial charge in [0.2, 0.25) is 5.91 Å². The van der Waals surface area contributed by atoms with Crippen molar-refractivity contribution in [2.24, 2.45) is 11.3 Å². The van der Waals surface area contributed by atoms with Crippen LogP contribution in [0.3, 0.4) is 0 Å². The summed E-state index contributed by atoms with van der Waals surface area (Å²) in [6.07, 6.45) is 6.08. The van der Waals surface area contributed by atoms with Gasteiger partial charge in [-0.25, -0.2) is 0 Å². The number of hydrogen-bond donors (Lipinski definition) is 1. The van der Waals surface area contributed by atoms with Gasteiger partial charge in [0.25, 0.3) is 0 Å². The number of hydrogen-bond acceptors (Lipinski definition) is 5. The standard InChI is InChI=1S/C26H38N2O4/c1-25(2,30)18-32-23-6-4-3-5-22(23)19-8-11-27(12-9-19)21-7-10-26(13-21)16-28(17-26)24(29)20-14-31-15-20/h3-6,19-21,30H,7-18H2,1-2H3/t21-/m1/s1. The Kier molecular flexibility index (Phi) is 5.97. The lowest BCUT2D eigenvalue weighted by Crippen LogP contribution is -2.61. The van der Waals surface area contributed by atoms with Gasteiger partial charge in [0.1, 0.15) is 12.4 Å². The fourth-order valence-electron chi connectivity index (χ4n) is 6.11. The van der Waals surface area contributed by atoms with Gasteiger partial charge in [0, 0.05) is 24.5 Å². The van der Waals surface area contributed by atoms with E-state index in [2.05, 4.69) is 21.9 Å². The zero-order valence-electron chi connectivity index (χ0n) is 19.6. The van der Waals surface area contributed by atoms with Gasteiger partial charge in [-0.05, 0) is 76.6 Å². The number of para-hydroxylation sites is 1. The van der Waals surface area contributed by atoms with Crippen LogP contribution in [-0.2, 0) is 9.53 Å². The van der Waals surface area contributed by atoms with Crippen molar-refractivity contribution in [1.29, 1.82) is 0 Å². The van der Waals surface area contributed by atoms with Crippen molar-refractivity contribution in [3.8, 4) is 5.75 Å². The second-order valence-corrected chi connectivity index (χ2v) is 11.3. The molecule has 1 spiro atoms. The van der Waals surface area contributed by atoms with Crippen LogP contribution in [0, 0.1) is 11.3 Å². The van der Waals surface area contributed by atoms with E-state index in [0.717, 1.165) is 44.8 Å². The van der Waals surface area contributed by atoms with Crippen LogP contribution in [0.1, 0.15) is 57.4 Å². The lowest BCUT2D eigenvalue weighted by atomic mass is 9.77. The van der Waals surface area contributed by atoms with Gasteiger partial charge >= 0.3 is 0 Å². The van der Waals surface area contributed by atoms with Gasteiger partial charge in [0.15, 0.2) is 0 Å². The Labute approximate surface area is 191 Å². The van der Waals surface area contributed by atoms with E-state index in [9.17, 15) is 9.90 Å². The van der Waals surface area contributed by atoms with Gasteiger partial charge in [-0.1, -0.05) is 18.2 Å². The van der Waals surface area contributed by atoms with E-state index in [-0.39, 0.29) is 5.92 Å². The van der Waals surface area contributed by atoms with Crippen LogP contribution in [-0.4, -0.2) is 78.5 Å². The number of carbonyl (C=O) groups excluding carboxylic acids is 1. The highest BCUT2D eigenvalue weighted by molar-refractivity contribution is 5.80. The summed E-state index contributed by atoms with van der Waals surface area (Å²) in [6.45, 7) is 9.28. The van der Waals surface area contributed by atoms with Crippen molar-refractivity contribution in [3.05, 3.63) is 29.8 Å². The normalized spacial score (nSPS) is 26.7. The molecule has 176 valence electrons. The zero-order valence-corrected chi connectivity index (χ0v) is 19.6. The van der Waals surface area contributed by atoms with Gasteiger partial charge < -0.3 is 24.4 Å². The number of carbonyl (C=O) groups is 1. The highest BCUT2D eigenvalue weighted by atomic mass is 16.5. The van der Waals surface area contributed by atoms with E-state index < -0.39 is 5.60 Å². The molecule has 1 saturated carbocycles. The summed E-state index contributed by atoms with van der Waals surface area (Å²) in [5.74, 6) is 1.88. The number of likely N-dealkylation sites (tertiary alicyclic amines) is 2. The molecule has 3 aliphatic heterocycles. The fourth-order valence-corrected chi connectivity index (χ4v) is 6.11. The summed E-state index contributed by atoms with van der Waals surface area (Å²) in [7, 11) is 0. The Morgan fingerprint density at radius 3 is 2.56 bits per heavy atom. The first-order valence-corrected chi connectivity index (χ1v) is 12.4. The molecule has 0 aromatic heterocycles. The number of ether oxygens (including phenoxy) is 2. The van der Waals surface area contributed by atoms with Crippen LogP contribution in [0.2, 0.25) is 0 Å². The van der Waals surface area contributed by atoms with Crippen molar-refractivity contribution < 1.29 is 19.4 Å². The number of aliphatic hydroxyl groups is 1. The first kappa shape index (κ1) is 22.2. The van der Waals surface area contributed by atoms with E-state index in [1.807, 2.05) is 12.1 Å². The molecule has 6 heteroatoms. The van der Waals surface area contributed by atoms with E-state index in [4.69, 9.17) is 9.47 Å². The summed E-state index contributed by atoms with van der Waals surface area (Å²) in [5.41, 5.74) is 0.828. The predicted octanol–water partition coefficient (Wildman–Crippen LogP) is 3.04. The summed E-state index contributed by atoms with van der Waals surface area (Å²) >= 11 is 0. The highest BCUT2D eigenvalue weighted by Crippen LogP contribution is 2.48. The second-order valence-electron chi connectivity index (χ2n) is 11.3. The predicted molar refractivity (Wildman–Crippen MR) is 123 cm³/mol. The third-order valence-electron chi connectivity index (χ3n) is 8.01. The molecule has 1 aliphatic carbocycles. The van der Waals surface area contributed by atoms with Gasteiger partial charge in [-0.3, -0.25) is 4.79 Å². The van der Waals surface area contributed by atoms with Gasteiger partial charge in [-0.15, -0.1) is 0 Å². The van der Waals surface area contributed by atoms with Crippen LogP contribution < -0.4 is 4.74 Å². The van der Waals surface area contributed by atoms with E-state index >= 15 is 0 Å². The monoisotopic (exact) mass is 442 g/mol. The molecular formula is C26H38N2O4. The Hall–Kier alpha value is -1.63. The lowest BCUT2D eigenvalue weighted by Gasteiger charge is -2.50. The third-order valence-corrected chi connectivity index (χ3v) is 8.01. The molecule has 1 amide bonds. The molecule has 4 aliphatic rings. The number of nitrogens with zero attached hydrogens (tertiary/aromatic N) is 2. The lowest BCUT2D eigenvalue weighted by molar-refractivity contribution is -0.161. The fraction of sp³-hybridized carbons (Fsp3) is 0.731. The number of piperidine rings is 1. The van der Waals surface area contributed by atoms with Gasteiger partial charge in [-0.2, -0.15) is 0 Å².